The zero-order valence-corrected chi connectivity index (χ0v) is 15.0. The summed E-state index contributed by atoms with van der Waals surface area (Å²) < 4.78 is 5.62. The number of hydrogen-bond acceptors (Lipinski definition) is 6. The number of aromatic nitrogens is 2. The van der Waals surface area contributed by atoms with E-state index in [4.69, 9.17) is 4.74 Å². The van der Waals surface area contributed by atoms with Crippen molar-refractivity contribution >= 4 is 29.0 Å². The number of rotatable bonds is 7. The first-order chi connectivity index (χ1) is 13.0. The van der Waals surface area contributed by atoms with Crippen molar-refractivity contribution in [1.82, 2.24) is 9.97 Å². The zero-order chi connectivity index (χ0) is 19.2. The third-order valence-corrected chi connectivity index (χ3v) is 3.59. The number of hydrogen-bond donors (Lipinski definition) is 3. The average Bonchev–Trinajstić information content (AvgIpc) is 2.63. The molecule has 0 aliphatic rings. The van der Waals surface area contributed by atoms with Crippen LogP contribution in [0.2, 0.25) is 0 Å². The molecule has 3 rings (SSSR count). The fourth-order valence-electron chi connectivity index (χ4n) is 2.45. The van der Waals surface area contributed by atoms with E-state index in [0.717, 1.165) is 11.4 Å². The number of carbonyl (C=O) groups is 1. The summed E-state index contributed by atoms with van der Waals surface area (Å²) in [6.07, 6.45) is 1.53. The molecule has 0 saturated carbocycles. The van der Waals surface area contributed by atoms with Gasteiger partial charge in [-0.3, -0.25) is 0 Å². The molecule has 2 aromatic carbocycles. The summed E-state index contributed by atoms with van der Waals surface area (Å²) in [6.45, 7) is 3.95. The molecule has 0 bridgehead atoms. The van der Waals surface area contributed by atoms with E-state index in [1.54, 1.807) is 24.3 Å². The summed E-state index contributed by atoms with van der Waals surface area (Å²) in [5.41, 5.74) is 1.48. The molecule has 7 heteroatoms. The lowest BCUT2D eigenvalue weighted by molar-refractivity contribution is 0.0698. The monoisotopic (exact) mass is 364 g/mol. The van der Waals surface area contributed by atoms with Crippen molar-refractivity contribution in [1.29, 1.82) is 0 Å². The van der Waals surface area contributed by atoms with Crippen LogP contribution in [0.1, 0.15) is 24.2 Å². The molecule has 0 aliphatic carbocycles. The highest BCUT2D eigenvalue weighted by atomic mass is 16.5. The minimum absolute atomic E-state index is 0.119. The quantitative estimate of drug-likeness (QED) is 0.570. The molecule has 138 valence electrons. The zero-order valence-electron chi connectivity index (χ0n) is 15.0. The molecule has 27 heavy (non-hydrogen) atoms. The second-order valence-corrected chi connectivity index (χ2v) is 6.08. The number of ether oxygens (including phenoxy) is 1. The molecule has 0 unspecified atom stereocenters. The Morgan fingerprint density at radius 1 is 1.00 bits per heavy atom. The van der Waals surface area contributed by atoms with Gasteiger partial charge in [0.1, 0.15) is 23.7 Å². The molecule has 0 spiro atoms. The van der Waals surface area contributed by atoms with E-state index in [1.807, 2.05) is 38.1 Å². The van der Waals surface area contributed by atoms with E-state index in [1.165, 1.54) is 12.4 Å². The fourth-order valence-corrected chi connectivity index (χ4v) is 2.45. The Bertz CT molecular complexity index is 927. The second-order valence-electron chi connectivity index (χ2n) is 6.08. The van der Waals surface area contributed by atoms with Crippen molar-refractivity contribution in [2.24, 2.45) is 0 Å². The van der Waals surface area contributed by atoms with Gasteiger partial charge in [0.2, 0.25) is 0 Å². The molecule has 0 saturated heterocycles. The molecule has 0 atom stereocenters. The Morgan fingerprint density at radius 2 is 1.67 bits per heavy atom. The van der Waals surface area contributed by atoms with Crippen LogP contribution >= 0.6 is 0 Å². The fraction of sp³-hybridized carbons (Fsp3) is 0.150. The van der Waals surface area contributed by atoms with Crippen molar-refractivity contribution in [3.63, 3.8) is 0 Å². The molecule has 0 radical (unpaired) electrons. The predicted molar refractivity (Wildman–Crippen MR) is 104 cm³/mol. The Hall–Kier alpha value is -3.61. The molecule has 1 aromatic heterocycles. The number of nitrogens with one attached hydrogen (secondary N) is 2. The summed E-state index contributed by atoms with van der Waals surface area (Å²) in [7, 11) is 0. The molecule has 0 amide bonds. The highest BCUT2D eigenvalue weighted by Gasteiger charge is 2.10. The van der Waals surface area contributed by atoms with E-state index in [9.17, 15) is 9.90 Å². The number of carboxylic acids is 1. The standard InChI is InChI=1S/C20H20N4O3/c1-13(2)27-15-9-7-14(8-10-15)23-18-11-19(22-12-21-18)24-17-6-4-3-5-16(17)20(25)26/h3-13H,1-2H3,(H,25,26)(H2,21,22,23,24). The van der Waals surface area contributed by atoms with Gasteiger partial charge in [-0.1, -0.05) is 12.1 Å². The molecule has 3 aromatic rings. The Morgan fingerprint density at radius 3 is 2.33 bits per heavy atom. The van der Waals surface area contributed by atoms with Gasteiger partial charge in [0.05, 0.1) is 17.4 Å². The van der Waals surface area contributed by atoms with Gasteiger partial charge in [-0.05, 0) is 50.2 Å². The molecular formula is C20H20N4O3. The van der Waals surface area contributed by atoms with Crippen LogP contribution in [0.4, 0.5) is 23.0 Å². The minimum atomic E-state index is -1.01. The van der Waals surface area contributed by atoms with Crippen molar-refractivity contribution in [3.8, 4) is 5.75 Å². The average molecular weight is 364 g/mol. The number of carboxylic acid groups (broad SMARTS) is 1. The number of benzene rings is 2. The molecule has 3 N–H and O–H groups in total. The van der Waals surface area contributed by atoms with Crippen LogP contribution in [-0.4, -0.2) is 27.1 Å². The Kier molecular flexibility index (Phi) is 5.51. The normalized spacial score (nSPS) is 10.5. The minimum Gasteiger partial charge on any atom is -0.491 e. The van der Waals surface area contributed by atoms with Gasteiger partial charge in [-0.25, -0.2) is 14.8 Å². The van der Waals surface area contributed by atoms with Crippen LogP contribution in [0.3, 0.4) is 0 Å². The smallest absolute Gasteiger partial charge is 0.337 e. The topological polar surface area (TPSA) is 96.4 Å². The largest absolute Gasteiger partial charge is 0.491 e. The van der Waals surface area contributed by atoms with Gasteiger partial charge >= 0.3 is 5.97 Å². The SMILES string of the molecule is CC(C)Oc1ccc(Nc2cc(Nc3ccccc3C(=O)O)ncn2)cc1. The van der Waals surface area contributed by atoms with Crippen molar-refractivity contribution in [2.45, 2.75) is 20.0 Å². The van der Waals surface area contributed by atoms with Crippen molar-refractivity contribution in [3.05, 3.63) is 66.5 Å². The van der Waals surface area contributed by atoms with Crippen LogP contribution in [0.5, 0.6) is 5.75 Å². The first-order valence-electron chi connectivity index (χ1n) is 8.46. The maximum Gasteiger partial charge on any atom is 0.337 e. The third-order valence-electron chi connectivity index (χ3n) is 3.59. The van der Waals surface area contributed by atoms with Crippen molar-refractivity contribution < 1.29 is 14.6 Å². The molecule has 0 aliphatic heterocycles. The summed E-state index contributed by atoms with van der Waals surface area (Å²) >= 11 is 0. The highest BCUT2D eigenvalue weighted by molar-refractivity contribution is 5.95. The lowest BCUT2D eigenvalue weighted by Crippen LogP contribution is -2.05. The van der Waals surface area contributed by atoms with Crippen LogP contribution in [0.15, 0.2) is 60.9 Å². The summed E-state index contributed by atoms with van der Waals surface area (Å²) in [5, 5.41) is 15.5. The van der Waals surface area contributed by atoms with Crippen LogP contribution in [-0.2, 0) is 0 Å². The molecular weight excluding hydrogens is 344 g/mol. The Balaban J connectivity index is 1.73. The van der Waals surface area contributed by atoms with Gasteiger partial charge in [0, 0.05) is 11.8 Å². The van der Waals surface area contributed by atoms with Crippen molar-refractivity contribution in [2.75, 3.05) is 10.6 Å². The van der Waals surface area contributed by atoms with E-state index < -0.39 is 5.97 Å². The van der Waals surface area contributed by atoms with Gasteiger partial charge in [-0.15, -0.1) is 0 Å². The number of para-hydroxylation sites is 1. The lowest BCUT2D eigenvalue weighted by atomic mass is 10.2. The van der Waals surface area contributed by atoms with Gasteiger partial charge < -0.3 is 20.5 Å². The summed E-state index contributed by atoms with van der Waals surface area (Å²) in [6, 6.07) is 15.9. The van der Waals surface area contributed by atoms with E-state index >= 15 is 0 Å². The van der Waals surface area contributed by atoms with E-state index in [-0.39, 0.29) is 11.7 Å². The van der Waals surface area contributed by atoms with Gasteiger partial charge in [0.25, 0.3) is 0 Å². The maximum atomic E-state index is 11.3. The lowest BCUT2D eigenvalue weighted by Gasteiger charge is -2.12. The van der Waals surface area contributed by atoms with Crippen LogP contribution in [0.25, 0.3) is 0 Å². The first-order valence-corrected chi connectivity index (χ1v) is 8.46. The Labute approximate surface area is 157 Å². The molecule has 1 heterocycles. The van der Waals surface area contributed by atoms with E-state index in [0.29, 0.717) is 17.3 Å². The van der Waals surface area contributed by atoms with Gasteiger partial charge in [-0.2, -0.15) is 0 Å². The number of anilines is 4. The summed E-state index contributed by atoms with van der Waals surface area (Å²) in [5.74, 6) is 0.860. The molecule has 7 nitrogen and oxygen atoms in total. The summed E-state index contributed by atoms with van der Waals surface area (Å²) in [4.78, 5) is 19.7. The van der Waals surface area contributed by atoms with E-state index in [2.05, 4.69) is 20.6 Å². The first kappa shape index (κ1) is 18.2. The number of aromatic carboxylic acids is 1. The highest BCUT2D eigenvalue weighted by Crippen LogP contribution is 2.23. The maximum absolute atomic E-state index is 11.3. The molecule has 0 fully saturated rings. The van der Waals surface area contributed by atoms with Crippen LogP contribution < -0.4 is 15.4 Å². The van der Waals surface area contributed by atoms with Crippen LogP contribution in [0, 0.1) is 0 Å². The number of nitrogens with zero attached hydrogens (tertiary/aromatic N) is 2. The van der Waals surface area contributed by atoms with Gasteiger partial charge in [0.15, 0.2) is 0 Å². The predicted octanol–water partition coefficient (Wildman–Crippen LogP) is 4.45. The second kappa shape index (κ2) is 8.18. The third kappa shape index (κ3) is 4.94.